The Hall–Kier alpha value is -4.93. The molecule has 0 aliphatic rings. The topological polar surface area (TPSA) is 234 Å². The highest BCUT2D eigenvalue weighted by molar-refractivity contribution is 5.98. The van der Waals surface area contributed by atoms with Gasteiger partial charge in [-0.1, -0.05) is 32.0 Å². The van der Waals surface area contributed by atoms with E-state index in [2.05, 4.69) is 36.6 Å². The van der Waals surface area contributed by atoms with Gasteiger partial charge in [-0.3, -0.25) is 19.2 Å². The lowest BCUT2D eigenvalue weighted by Gasteiger charge is -2.27. The zero-order valence-corrected chi connectivity index (χ0v) is 26.3. The molecule has 3 atom stereocenters. The van der Waals surface area contributed by atoms with Gasteiger partial charge in [0.05, 0.1) is 12.5 Å². The zero-order valence-electron chi connectivity index (χ0n) is 26.3. The van der Waals surface area contributed by atoms with Crippen LogP contribution in [-0.4, -0.2) is 87.0 Å². The number of ether oxygens (including phenoxy) is 2. The van der Waals surface area contributed by atoms with Crippen LogP contribution in [-0.2, 0) is 37.0 Å². The van der Waals surface area contributed by atoms with Crippen LogP contribution in [0.3, 0.4) is 0 Å². The van der Waals surface area contributed by atoms with Crippen LogP contribution < -0.4 is 27.1 Å². The smallest absolute Gasteiger partial charge is 0.332 e. The summed E-state index contributed by atoms with van der Waals surface area (Å²) in [6.07, 6.45) is 1.09. The van der Waals surface area contributed by atoms with E-state index in [0.717, 1.165) is 6.21 Å². The third kappa shape index (κ3) is 13.1. The van der Waals surface area contributed by atoms with E-state index in [1.165, 1.54) is 11.8 Å². The van der Waals surface area contributed by atoms with Crippen molar-refractivity contribution in [3.05, 3.63) is 41.7 Å². The van der Waals surface area contributed by atoms with Gasteiger partial charge in [0.15, 0.2) is 5.82 Å². The fourth-order valence-corrected chi connectivity index (χ4v) is 3.95. The summed E-state index contributed by atoms with van der Waals surface area (Å²) in [6, 6.07) is 4.21. The Balaban J connectivity index is 2.25. The molecule has 1 heterocycles. The molecule has 0 aliphatic carbocycles. The minimum absolute atomic E-state index is 0.0909. The van der Waals surface area contributed by atoms with Gasteiger partial charge in [0, 0.05) is 25.3 Å². The van der Waals surface area contributed by atoms with Crippen molar-refractivity contribution in [2.24, 2.45) is 16.8 Å². The van der Waals surface area contributed by atoms with Crippen LogP contribution in [0.2, 0.25) is 0 Å². The first-order chi connectivity index (χ1) is 21.2. The minimum Gasteiger partial charge on any atom is -0.460 e. The number of aryl methyl sites for hydroxylation is 1. The molecule has 0 saturated heterocycles. The van der Waals surface area contributed by atoms with Crippen LogP contribution in [0.15, 0.2) is 35.4 Å². The maximum Gasteiger partial charge on any atom is 0.332 e. The second-order valence-electron chi connectivity index (χ2n) is 11.3. The van der Waals surface area contributed by atoms with E-state index in [4.69, 9.17) is 15.2 Å². The first-order valence-electron chi connectivity index (χ1n) is 14.2. The summed E-state index contributed by atoms with van der Waals surface area (Å²) in [5, 5.41) is 23.2. The van der Waals surface area contributed by atoms with E-state index in [0.29, 0.717) is 11.4 Å². The number of rotatable bonds is 16. The number of hydrogen-bond acceptors (Lipinski definition) is 11. The second-order valence-corrected chi connectivity index (χ2v) is 11.3. The Bertz CT molecular complexity index is 1320. The van der Waals surface area contributed by atoms with Crippen LogP contribution in [0.25, 0.3) is 0 Å². The molecule has 2 rings (SSSR count). The molecule has 1 aromatic carbocycles. The third-order valence-electron chi connectivity index (χ3n) is 5.98. The van der Waals surface area contributed by atoms with Crippen molar-refractivity contribution in [3.8, 4) is 0 Å². The molecule has 0 fully saturated rings. The van der Waals surface area contributed by atoms with Gasteiger partial charge in [0.25, 0.3) is 5.91 Å². The first kappa shape index (κ1) is 36.3. The second kappa shape index (κ2) is 17.4. The molecule has 17 nitrogen and oxygen atoms in total. The molecule has 0 spiro atoms. The molecule has 0 bridgehead atoms. The van der Waals surface area contributed by atoms with E-state index in [1.807, 2.05) is 5.43 Å². The van der Waals surface area contributed by atoms with Crippen molar-refractivity contribution in [3.63, 3.8) is 0 Å². The van der Waals surface area contributed by atoms with Crippen molar-refractivity contribution in [1.29, 1.82) is 0 Å². The zero-order chi connectivity index (χ0) is 33.6. The Kier molecular flexibility index (Phi) is 14.0. The Morgan fingerprint density at radius 1 is 1.04 bits per heavy atom. The van der Waals surface area contributed by atoms with E-state index < -0.39 is 59.4 Å². The molecule has 0 unspecified atom stereocenters. The number of benzene rings is 1. The number of urea groups is 1. The Morgan fingerprint density at radius 2 is 1.73 bits per heavy atom. The number of tetrazole rings is 1. The van der Waals surface area contributed by atoms with Gasteiger partial charge in [0.2, 0.25) is 11.8 Å². The number of aromatic nitrogens is 4. The third-order valence-corrected chi connectivity index (χ3v) is 5.98. The summed E-state index contributed by atoms with van der Waals surface area (Å²) in [7, 11) is 1.48. The molecule has 17 heteroatoms. The standard InChI is InChI=1S/C28H42N10O7/c1-17(2)23(26(42)31-19(15-30-35-27(29)43)14-22(39)45-28(3,4)5)33-25(41)20(32-24(40)18-10-8-7-9-11-18)12-13-21-34-36-37-38(21)16-44-6/h7-11,15,17,19-20,23H,12-14,16H2,1-6H3,(H,31,42)(H,32,40)(H,33,41)(H3,29,35,43)/b30-15+/t19-,20-,23-/m0/s1. The van der Waals surface area contributed by atoms with Gasteiger partial charge in [0.1, 0.15) is 24.4 Å². The molecular formula is C28H42N10O7. The van der Waals surface area contributed by atoms with Gasteiger partial charge in [-0.05, 0) is 55.7 Å². The lowest BCUT2D eigenvalue weighted by atomic mass is 10.0. The normalized spacial score (nSPS) is 13.5. The number of hydrazone groups is 1. The fraction of sp³-hybridized carbons (Fsp3) is 0.536. The molecular weight excluding hydrogens is 588 g/mol. The maximum atomic E-state index is 13.6. The highest BCUT2D eigenvalue weighted by Gasteiger charge is 2.31. The number of primary amides is 1. The van der Waals surface area contributed by atoms with Crippen molar-refractivity contribution in [2.75, 3.05) is 7.11 Å². The SMILES string of the molecule is COCn1nnnc1CC[C@H](NC(=O)c1ccccc1)C(=O)N[C@H](C(=O)N[C@H](/C=N/NC(N)=O)CC(=O)OC(C)(C)C)C(C)C. The number of nitrogens with zero attached hydrogens (tertiary/aromatic N) is 5. The van der Waals surface area contributed by atoms with Crippen molar-refractivity contribution in [1.82, 2.24) is 41.6 Å². The van der Waals surface area contributed by atoms with Crippen LogP contribution in [0.4, 0.5) is 4.79 Å². The predicted octanol–water partition coefficient (Wildman–Crippen LogP) is 0.0197. The fourth-order valence-electron chi connectivity index (χ4n) is 3.95. The molecule has 2 aromatic rings. The number of esters is 1. The number of methoxy groups -OCH3 is 1. The predicted molar refractivity (Wildman–Crippen MR) is 161 cm³/mol. The van der Waals surface area contributed by atoms with Gasteiger partial charge in [-0.25, -0.2) is 14.9 Å². The number of carbonyl (C=O) groups excluding carboxylic acids is 5. The highest BCUT2D eigenvalue weighted by atomic mass is 16.6. The summed E-state index contributed by atoms with van der Waals surface area (Å²) >= 11 is 0. The quantitative estimate of drug-likeness (QED) is 0.0947. The number of nitrogens with one attached hydrogen (secondary N) is 4. The monoisotopic (exact) mass is 630 g/mol. The molecule has 6 N–H and O–H groups in total. The molecule has 5 amide bonds. The maximum absolute atomic E-state index is 13.6. The Labute approximate surface area is 261 Å². The number of nitrogens with two attached hydrogens (primary N) is 1. The highest BCUT2D eigenvalue weighted by Crippen LogP contribution is 2.11. The first-order valence-corrected chi connectivity index (χ1v) is 14.2. The van der Waals surface area contributed by atoms with E-state index >= 15 is 0 Å². The van der Waals surface area contributed by atoms with Crippen LogP contribution in [0, 0.1) is 5.92 Å². The van der Waals surface area contributed by atoms with Gasteiger partial charge in [-0.2, -0.15) is 5.10 Å². The summed E-state index contributed by atoms with van der Waals surface area (Å²) in [6.45, 7) is 8.59. The van der Waals surface area contributed by atoms with Gasteiger partial charge in [-0.15, -0.1) is 5.10 Å². The van der Waals surface area contributed by atoms with E-state index in [9.17, 15) is 24.0 Å². The van der Waals surface area contributed by atoms with Gasteiger partial charge >= 0.3 is 12.0 Å². The minimum atomic E-state index is -1.09. The molecule has 0 radical (unpaired) electrons. The number of carbonyl (C=O) groups is 5. The molecule has 0 aliphatic heterocycles. The lowest BCUT2D eigenvalue weighted by Crippen LogP contribution is -2.57. The van der Waals surface area contributed by atoms with Crippen molar-refractivity contribution < 1.29 is 33.4 Å². The Morgan fingerprint density at radius 3 is 2.33 bits per heavy atom. The molecule has 45 heavy (non-hydrogen) atoms. The average molecular weight is 631 g/mol. The summed E-state index contributed by atoms with van der Waals surface area (Å²) in [5.74, 6) is -2.40. The van der Waals surface area contributed by atoms with Crippen LogP contribution in [0.1, 0.15) is 63.6 Å². The summed E-state index contributed by atoms with van der Waals surface area (Å²) in [5.41, 5.74) is 6.61. The van der Waals surface area contributed by atoms with Crippen molar-refractivity contribution in [2.45, 2.75) is 84.3 Å². The van der Waals surface area contributed by atoms with Crippen LogP contribution >= 0.6 is 0 Å². The van der Waals surface area contributed by atoms with E-state index in [1.54, 1.807) is 65.0 Å². The van der Waals surface area contributed by atoms with Crippen molar-refractivity contribution >= 4 is 35.9 Å². The largest absolute Gasteiger partial charge is 0.460 e. The lowest BCUT2D eigenvalue weighted by molar-refractivity contribution is -0.155. The average Bonchev–Trinajstić information content (AvgIpc) is 3.39. The summed E-state index contributed by atoms with van der Waals surface area (Å²) in [4.78, 5) is 63.6. The summed E-state index contributed by atoms with van der Waals surface area (Å²) < 4.78 is 11.8. The van der Waals surface area contributed by atoms with E-state index in [-0.39, 0.29) is 26.0 Å². The number of hydrogen-bond donors (Lipinski definition) is 5. The molecule has 0 saturated carbocycles. The van der Waals surface area contributed by atoms with Gasteiger partial charge < -0.3 is 31.2 Å². The molecule has 246 valence electrons. The number of amides is 5. The molecule has 1 aromatic heterocycles. The van der Waals surface area contributed by atoms with Crippen LogP contribution in [0.5, 0.6) is 0 Å².